The van der Waals surface area contributed by atoms with Crippen molar-refractivity contribution in [3.63, 3.8) is 0 Å². The lowest BCUT2D eigenvalue weighted by molar-refractivity contribution is 0.308. The summed E-state index contributed by atoms with van der Waals surface area (Å²) >= 11 is 3.70. The van der Waals surface area contributed by atoms with Crippen LogP contribution < -0.4 is 5.32 Å². The highest BCUT2D eigenvalue weighted by atomic mass is 79.9. The maximum atomic E-state index is 4.52. The minimum atomic E-state index is 0.547. The number of likely N-dealkylation sites (N-methyl/N-ethyl adjacent to an activating group) is 1. The van der Waals surface area contributed by atoms with Gasteiger partial charge in [-0.15, -0.1) is 0 Å². The van der Waals surface area contributed by atoms with E-state index in [4.69, 9.17) is 0 Å². The van der Waals surface area contributed by atoms with Gasteiger partial charge < -0.3 is 5.32 Å². The molecule has 116 valence electrons. The predicted octanol–water partition coefficient (Wildman–Crippen LogP) is 4.23. The van der Waals surface area contributed by atoms with Gasteiger partial charge in [0, 0.05) is 19.5 Å². The van der Waals surface area contributed by atoms with E-state index in [0.29, 0.717) is 6.04 Å². The van der Waals surface area contributed by atoms with Crippen LogP contribution in [0.4, 0.5) is 0 Å². The summed E-state index contributed by atoms with van der Waals surface area (Å²) in [6, 6.07) is 0.547. The maximum absolute atomic E-state index is 4.52. The Morgan fingerprint density at radius 2 is 1.80 bits per heavy atom. The zero-order chi connectivity index (χ0) is 15.1. The number of aromatic nitrogens is 2. The molecule has 1 unspecified atom stereocenters. The third kappa shape index (κ3) is 4.59. The fraction of sp³-hybridized carbons (Fsp3) is 0.812. The first-order valence-electron chi connectivity index (χ1n) is 7.96. The van der Waals surface area contributed by atoms with Crippen molar-refractivity contribution in [1.82, 2.24) is 15.1 Å². The molecule has 0 fully saturated rings. The van der Waals surface area contributed by atoms with Gasteiger partial charge in [-0.25, -0.2) is 0 Å². The van der Waals surface area contributed by atoms with Gasteiger partial charge in [0.1, 0.15) is 0 Å². The Balaban J connectivity index is 2.89. The van der Waals surface area contributed by atoms with E-state index in [1.165, 1.54) is 35.8 Å². The molecule has 0 saturated heterocycles. The summed E-state index contributed by atoms with van der Waals surface area (Å²) in [7, 11) is 2.05. The first kappa shape index (κ1) is 17.7. The lowest BCUT2D eigenvalue weighted by atomic mass is 9.87. The molecule has 1 N–H and O–H groups in total. The summed E-state index contributed by atoms with van der Waals surface area (Å²) in [6.07, 6.45) is 6.19. The molecule has 0 aromatic carbocycles. The van der Waals surface area contributed by atoms with Crippen LogP contribution in [-0.2, 0) is 13.5 Å². The summed E-state index contributed by atoms with van der Waals surface area (Å²) in [5.41, 5.74) is 2.39. The Hall–Kier alpha value is -0.350. The second kappa shape index (κ2) is 8.83. The Kier molecular flexibility index (Phi) is 7.82. The average molecular weight is 344 g/mol. The molecule has 3 nitrogen and oxygen atoms in total. The fourth-order valence-electron chi connectivity index (χ4n) is 3.07. The molecule has 1 atom stereocenters. The monoisotopic (exact) mass is 343 g/mol. The number of rotatable bonds is 9. The van der Waals surface area contributed by atoms with Gasteiger partial charge in [0.05, 0.1) is 15.9 Å². The topological polar surface area (TPSA) is 29.9 Å². The zero-order valence-corrected chi connectivity index (χ0v) is 15.3. The van der Waals surface area contributed by atoms with Crippen LogP contribution >= 0.6 is 15.9 Å². The largest absolute Gasteiger partial charge is 0.314 e. The van der Waals surface area contributed by atoms with Crippen molar-refractivity contribution in [2.45, 2.75) is 65.8 Å². The van der Waals surface area contributed by atoms with Crippen LogP contribution in [0.5, 0.6) is 0 Å². The van der Waals surface area contributed by atoms with Gasteiger partial charge in [-0.05, 0) is 48.2 Å². The van der Waals surface area contributed by atoms with Gasteiger partial charge in [0.25, 0.3) is 0 Å². The van der Waals surface area contributed by atoms with Crippen molar-refractivity contribution in [2.75, 3.05) is 6.54 Å². The molecule has 4 heteroatoms. The SMILES string of the molecule is CCCC(CCC)C(Cc1c(Br)c(C)nn1C)NCC. The number of hydrogen-bond donors (Lipinski definition) is 1. The summed E-state index contributed by atoms with van der Waals surface area (Å²) in [6.45, 7) is 9.87. The molecule has 0 amide bonds. The molecule has 1 heterocycles. The molecule has 0 bridgehead atoms. The minimum absolute atomic E-state index is 0.547. The molecule has 0 aliphatic rings. The standard InChI is InChI=1S/C16H30BrN3/c1-6-9-13(10-7-2)14(18-8-3)11-15-16(17)12(4)19-20(15)5/h13-14,18H,6-11H2,1-5H3. The molecule has 0 spiro atoms. The Bertz CT molecular complexity index is 395. The third-order valence-electron chi connectivity index (χ3n) is 4.03. The molecule has 0 aliphatic heterocycles. The van der Waals surface area contributed by atoms with Crippen molar-refractivity contribution >= 4 is 15.9 Å². The molecule has 0 radical (unpaired) electrons. The van der Waals surface area contributed by atoms with E-state index in [1.54, 1.807) is 0 Å². The number of aryl methyl sites for hydroxylation is 2. The van der Waals surface area contributed by atoms with Crippen LogP contribution in [0.3, 0.4) is 0 Å². The fourth-order valence-corrected chi connectivity index (χ4v) is 3.56. The van der Waals surface area contributed by atoms with Crippen LogP contribution in [-0.4, -0.2) is 22.4 Å². The Morgan fingerprint density at radius 3 is 2.20 bits per heavy atom. The minimum Gasteiger partial charge on any atom is -0.314 e. The van der Waals surface area contributed by atoms with Crippen molar-refractivity contribution < 1.29 is 0 Å². The van der Waals surface area contributed by atoms with Gasteiger partial charge in [0.15, 0.2) is 0 Å². The van der Waals surface area contributed by atoms with Crippen LogP contribution in [0.15, 0.2) is 4.47 Å². The van der Waals surface area contributed by atoms with Gasteiger partial charge in [0.2, 0.25) is 0 Å². The van der Waals surface area contributed by atoms with E-state index < -0.39 is 0 Å². The second-order valence-corrected chi connectivity index (χ2v) is 6.47. The van der Waals surface area contributed by atoms with E-state index in [2.05, 4.69) is 54.0 Å². The van der Waals surface area contributed by atoms with Gasteiger partial charge in [-0.1, -0.05) is 33.6 Å². The van der Waals surface area contributed by atoms with Crippen molar-refractivity contribution in [2.24, 2.45) is 13.0 Å². The maximum Gasteiger partial charge on any atom is 0.0738 e. The van der Waals surface area contributed by atoms with Crippen LogP contribution in [0.25, 0.3) is 0 Å². The van der Waals surface area contributed by atoms with Crippen molar-refractivity contribution in [3.05, 3.63) is 15.9 Å². The molecule has 0 saturated carbocycles. The van der Waals surface area contributed by atoms with Crippen LogP contribution in [0, 0.1) is 12.8 Å². The second-order valence-electron chi connectivity index (χ2n) is 5.68. The third-order valence-corrected chi connectivity index (χ3v) is 5.06. The highest BCUT2D eigenvalue weighted by Crippen LogP contribution is 2.26. The summed E-state index contributed by atoms with van der Waals surface area (Å²) < 4.78 is 3.20. The van der Waals surface area contributed by atoms with E-state index in [0.717, 1.165) is 24.6 Å². The molecular formula is C16H30BrN3. The Morgan fingerprint density at radius 1 is 1.20 bits per heavy atom. The average Bonchev–Trinajstić information content (AvgIpc) is 2.64. The first-order valence-corrected chi connectivity index (χ1v) is 8.75. The smallest absolute Gasteiger partial charge is 0.0738 e. The molecular weight excluding hydrogens is 314 g/mol. The number of hydrogen-bond acceptors (Lipinski definition) is 2. The van der Waals surface area contributed by atoms with E-state index >= 15 is 0 Å². The van der Waals surface area contributed by atoms with Gasteiger partial charge >= 0.3 is 0 Å². The van der Waals surface area contributed by atoms with E-state index in [-0.39, 0.29) is 0 Å². The Labute approximate surface area is 132 Å². The van der Waals surface area contributed by atoms with Crippen LogP contribution in [0.2, 0.25) is 0 Å². The lowest BCUT2D eigenvalue weighted by Gasteiger charge is -2.28. The van der Waals surface area contributed by atoms with Crippen molar-refractivity contribution in [3.8, 4) is 0 Å². The van der Waals surface area contributed by atoms with Crippen molar-refractivity contribution in [1.29, 1.82) is 0 Å². The molecule has 20 heavy (non-hydrogen) atoms. The number of nitrogens with one attached hydrogen (secondary N) is 1. The summed E-state index contributed by atoms with van der Waals surface area (Å²) in [5.74, 6) is 0.757. The zero-order valence-electron chi connectivity index (χ0n) is 13.7. The normalized spacial score (nSPS) is 13.2. The first-order chi connectivity index (χ1) is 9.54. The number of halogens is 1. The van der Waals surface area contributed by atoms with Gasteiger partial charge in [-0.3, -0.25) is 4.68 Å². The molecule has 1 aromatic heterocycles. The quantitative estimate of drug-likeness (QED) is 0.727. The molecule has 1 rings (SSSR count). The number of nitrogens with zero attached hydrogens (tertiary/aromatic N) is 2. The predicted molar refractivity (Wildman–Crippen MR) is 90.1 cm³/mol. The van der Waals surface area contributed by atoms with Gasteiger partial charge in [-0.2, -0.15) is 5.10 Å². The summed E-state index contributed by atoms with van der Waals surface area (Å²) in [5, 5.41) is 8.22. The van der Waals surface area contributed by atoms with E-state index in [9.17, 15) is 0 Å². The lowest BCUT2D eigenvalue weighted by Crippen LogP contribution is -2.38. The molecule has 1 aromatic rings. The highest BCUT2D eigenvalue weighted by molar-refractivity contribution is 9.10. The summed E-state index contributed by atoms with van der Waals surface area (Å²) in [4.78, 5) is 0. The molecule has 0 aliphatic carbocycles. The van der Waals surface area contributed by atoms with Crippen LogP contribution in [0.1, 0.15) is 57.8 Å². The van der Waals surface area contributed by atoms with E-state index in [1.807, 2.05) is 11.7 Å². The highest BCUT2D eigenvalue weighted by Gasteiger charge is 2.23.